The lowest BCUT2D eigenvalue weighted by Crippen LogP contribution is -3.00. The van der Waals surface area contributed by atoms with Crippen LogP contribution in [0.2, 0.25) is 0 Å². The number of halogens is 4. The molecule has 0 amide bonds. The minimum atomic E-state index is -2.64. The lowest BCUT2D eigenvalue weighted by atomic mass is 10.3. The Labute approximate surface area is 203 Å². The highest BCUT2D eigenvalue weighted by atomic mass is 79.9. The Kier molecular flexibility index (Phi) is 8.31. The highest BCUT2D eigenvalue weighted by molar-refractivity contribution is 9.11. The second kappa shape index (κ2) is 9.74. The van der Waals surface area contributed by atoms with Crippen LogP contribution in [0.4, 0.5) is 5.69 Å². The topological polar surface area (TPSA) is 34.7 Å². The molecule has 0 radical (unpaired) electrons. The maximum Gasteiger partial charge on any atom is 0.207 e. The molecule has 3 rings (SSSR count). The van der Waals surface area contributed by atoms with Gasteiger partial charge in [-0.3, -0.25) is 0 Å². The van der Waals surface area contributed by atoms with Crippen molar-refractivity contribution in [2.24, 2.45) is 4.74 Å². The van der Waals surface area contributed by atoms with E-state index in [0.717, 1.165) is 36.1 Å². The third-order valence-electron chi connectivity index (χ3n) is 4.16. The predicted octanol–water partition coefficient (Wildman–Crippen LogP) is 5.83. The summed E-state index contributed by atoms with van der Waals surface area (Å²) in [4.78, 5) is 0. The minimum Gasteiger partial charge on any atom is -1.00 e. The molecule has 0 aliphatic heterocycles. The van der Waals surface area contributed by atoms with Crippen molar-refractivity contribution in [3.63, 3.8) is 0 Å². The molecular formula is C21H21Br3ClNO2P-. The van der Waals surface area contributed by atoms with E-state index in [1.807, 2.05) is 61.5 Å². The van der Waals surface area contributed by atoms with Gasteiger partial charge in [-0.1, -0.05) is 48.8 Å². The van der Waals surface area contributed by atoms with Gasteiger partial charge in [0.1, 0.15) is 11.5 Å². The van der Waals surface area contributed by atoms with Crippen LogP contribution in [0.3, 0.4) is 0 Å². The first-order valence-corrected chi connectivity index (χ1v) is 12.7. The summed E-state index contributed by atoms with van der Waals surface area (Å²) in [5.74, 6) is 1.57. The Hall–Kier alpha value is -0.520. The van der Waals surface area contributed by atoms with E-state index in [1.54, 1.807) is 0 Å². The van der Waals surface area contributed by atoms with Gasteiger partial charge < -0.3 is 21.3 Å². The summed E-state index contributed by atoms with van der Waals surface area (Å²) in [7, 11) is -2.64. The third kappa shape index (κ3) is 5.40. The Bertz CT molecular complexity index is 1060. The summed E-state index contributed by atoms with van der Waals surface area (Å²) in [6.07, 6.45) is 0. The first kappa shape index (κ1) is 24.7. The molecule has 3 aromatic rings. The molecule has 1 heterocycles. The molecule has 1 unspecified atom stereocenters. The molecule has 0 saturated carbocycles. The summed E-state index contributed by atoms with van der Waals surface area (Å²) < 4.78 is 20.9. The monoisotopic (exact) mass is 622 g/mol. The number of rotatable bonds is 4. The fourth-order valence-corrected chi connectivity index (χ4v) is 7.39. The number of aryl methyl sites for hydroxylation is 1. The molecule has 2 aromatic carbocycles. The second-order valence-electron chi connectivity index (χ2n) is 7.35. The van der Waals surface area contributed by atoms with E-state index < -0.39 is 7.28 Å². The fourth-order valence-electron chi connectivity index (χ4n) is 2.69. The Balaban J connectivity index is 0.00000300. The average molecular weight is 626 g/mol. The van der Waals surface area contributed by atoms with Gasteiger partial charge >= 0.3 is 0 Å². The zero-order valence-electron chi connectivity index (χ0n) is 16.4. The minimum absolute atomic E-state index is 0. The standard InChI is InChI=1S/C21H21Br3NO2P.ClH/c1-14-9-12-20(26-14)28(21(2,3)4,25-18-8-6-5-7-16(18)23)27-19-11-10-15(22)13-17(19)24;/h5-13H,1-4H3;1H/p-1. The van der Waals surface area contributed by atoms with Crippen molar-refractivity contribution in [3.8, 4) is 5.75 Å². The molecule has 1 atom stereocenters. The van der Waals surface area contributed by atoms with Gasteiger partial charge in [0.15, 0.2) is 5.50 Å². The highest BCUT2D eigenvalue weighted by Gasteiger charge is 2.42. The maximum atomic E-state index is 6.77. The van der Waals surface area contributed by atoms with Gasteiger partial charge in [0.2, 0.25) is 7.28 Å². The number of hydrogen-bond acceptors (Lipinski definition) is 3. The van der Waals surface area contributed by atoms with Gasteiger partial charge in [0.25, 0.3) is 0 Å². The first-order chi connectivity index (χ1) is 13.1. The third-order valence-corrected chi connectivity index (χ3v) is 9.56. The van der Waals surface area contributed by atoms with E-state index in [0.29, 0.717) is 0 Å². The summed E-state index contributed by atoms with van der Waals surface area (Å²) in [5, 5.41) is -0.306. The molecule has 1 aromatic heterocycles. The molecule has 156 valence electrons. The van der Waals surface area contributed by atoms with E-state index in [-0.39, 0.29) is 17.6 Å². The van der Waals surface area contributed by atoms with E-state index in [2.05, 4.69) is 68.6 Å². The summed E-state index contributed by atoms with van der Waals surface area (Å²) in [6, 6.07) is 17.8. The molecule has 0 aliphatic rings. The van der Waals surface area contributed by atoms with Gasteiger partial charge in [-0.15, -0.1) is 0 Å². The van der Waals surface area contributed by atoms with Crippen molar-refractivity contribution in [3.05, 3.63) is 73.8 Å². The van der Waals surface area contributed by atoms with E-state index in [1.165, 1.54) is 0 Å². The summed E-state index contributed by atoms with van der Waals surface area (Å²) in [6.45, 7) is 8.37. The summed E-state index contributed by atoms with van der Waals surface area (Å²) >= 11 is 10.8. The highest BCUT2D eigenvalue weighted by Crippen LogP contribution is 2.63. The van der Waals surface area contributed by atoms with Crippen LogP contribution in [-0.2, 0) is 0 Å². The van der Waals surface area contributed by atoms with Crippen molar-refractivity contribution in [1.82, 2.24) is 0 Å². The number of hydrogen-bond donors (Lipinski definition) is 0. The lowest BCUT2D eigenvalue weighted by Gasteiger charge is -2.35. The maximum absolute atomic E-state index is 6.77. The Morgan fingerprint density at radius 1 is 0.931 bits per heavy atom. The molecule has 29 heavy (non-hydrogen) atoms. The molecule has 0 saturated heterocycles. The van der Waals surface area contributed by atoms with Crippen LogP contribution in [0, 0.1) is 6.92 Å². The van der Waals surface area contributed by atoms with Crippen LogP contribution < -0.4 is 22.4 Å². The van der Waals surface area contributed by atoms with Crippen LogP contribution in [0.15, 0.2) is 77.2 Å². The average Bonchev–Trinajstić information content (AvgIpc) is 3.04. The normalized spacial score (nSPS) is 13.3. The fraction of sp³-hybridized carbons (Fsp3) is 0.238. The molecule has 0 N–H and O–H groups in total. The Morgan fingerprint density at radius 2 is 1.62 bits per heavy atom. The van der Waals surface area contributed by atoms with E-state index in [4.69, 9.17) is 13.7 Å². The van der Waals surface area contributed by atoms with Crippen LogP contribution in [0.1, 0.15) is 26.5 Å². The van der Waals surface area contributed by atoms with Gasteiger partial charge in [-0.2, -0.15) is 0 Å². The molecule has 0 fully saturated rings. The van der Waals surface area contributed by atoms with Gasteiger partial charge in [0, 0.05) is 14.1 Å². The van der Waals surface area contributed by atoms with Crippen molar-refractivity contribution < 1.29 is 21.3 Å². The van der Waals surface area contributed by atoms with E-state index >= 15 is 0 Å². The van der Waals surface area contributed by atoms with Gasteiger partial charge in [-0.25, -0.2) is 4.74 Å². The zero-order chi connectivity index (χ0) is 20.5. The van der Waals surface area contributed by atoms with Crippen molar-refractivity contribution >= 4 is 66.3 Å². The summed E-state index contributed by atoms with van der Waals surface area (Å²) in [5.41, 5.74) is 1.61. The lowest BCUT2D eigenvalue weighted by molar-refractivity contribution is -0.00000674. The first-order valence-electron chi connectivity index (χ1n) is 8.71. The van der Waals surface area contributed by atoms with Crippen LogP contribution in [0.25, 0.3) is 0 Å². The molecule has 8 heteroatoms. The van der Waals surface area contributed by atoms with E-state index in [9.17, 15) is 0 Å². The molecule has 0 bridgehead atoms. The molecular weight excluding hydrogens is 604 g/mol. The predicted molar refractivity (Wildman–Crippen MR) is 128 cm³/mol. The molecule has 3 nitrogen and oxygen atoms in total. The second-order valence-corrected chi connectivity index (χ2v) is 13.3. The van der Waals surface area contributed by atoms with Gasteiger partial charge in [-0.05, 0) is 81.2 Å². The smallest absolute Gasteiger partial charge is 0.207 e. The van der Waals surface area contributed by atoms with Gasteiger partial charge in [0.05, 0.1) is 10.2 Å². The quantitative estimate of drug-likeness (QED) is 0.342. The van der Waals surface area contributed by atoms with Crippen LogP contribution in [0.5, 0.6) is 5.75 Å². The van der Waals surface area contributed by atoms with Crippen molar-refractivity contribution in [1.29, 1.82) is 0 Å². The zero-order valence-corrected chi connectivity index (χ0v) is 22.8. The number of benzene rings is 2. The van der Waals surface area contributed by atoms with Crippen LogP contribution >= 0.6 is 55.1 Å². The van der Waals surface area contributed by atoms with Crippen molar-refractivity contribution in [2.75, 3.05) is 0 Å². The number of nitrogens with zero attached hydrogens (tertiary/aromatic N) is 1. The molecule has 0 spiro atoms. The van der Waals surface area contributed by atoms with Crippen LogP contribution in [-0.4, -0.2) is 5.16 Å². The Morgan fingerprint density at radius 3 is 2.17 bits per heavy atom. The largest absolute Gasteiger partial charge is 1.00 e. The molecule has 0 aliphatic carbocycles. The SMILES string of the molecule is Cc1ccc(P(=Nc2ccccc2Br)(Oc2ccc(Br)cc2Br)C(C)(C)C)o1.[Cl-]. The van der Waals surface area contributed by atoms with Crippen molar-refractivity contribution in [2.45, 2.75) is 32.9 Å². The number of furan rings is 1.